The van der Waals surface area contributed by atoms with Gasteiger partial charge in [0.2, 0.25) is 15.9 Å². The molecule has 2 aromatic carbocycles. The fraction of sp³-hybridized carbons (Fsp3) is 0.409. The van der Waals surface area contributed by atoms with Crippen molar-refractivity contribution < 1.29 is 17.9 Å². The molecule has 6 nitrogen and oxygen atoms in total. The molecule has 1 aliphatic carbocycles. The number of rotatable bonds is 4. The molecule has 29 heavy (non-hydrogen) atoms. The van der Waals surface area contributed by atoms with E-state index in [0.29, 0.717) is 5.56 Å². The number of benzene rings is 2. The molecule has 2 aromatic rings. The van der Waals surface area contributed by atoms with Crippen LogP contribution in [-0.4, -0.2) is 19.9 Å². The van der Waals surface area contributed by atoms with E-state index in [2.05, 4.69) is 25.2 Å². The third-order valence-corrected chi connectivity index (χ3v) is 6.90. The molecule has 4 rings (SSSR count). The van der Waals surface area contributed by atoms with E-state index >= 15 is 0 Å². The fourth-order valence-corrected chi connectivity index (χ4v) is 5.22. The third-order valence-electron chi connectivity index (χ3n) is 5.99. The minimum atomic E-state index is -3.79. The first-order valence-electron chi connectivity index (χ1n) is 9.74. The number of hydrogen-bond acceptors (Lipinski definition) is 4. The first-order chi connectivity index (χ1) is 13.5. The number of amides is 1. The van der Waals surface area contributed by atoms with E-state index in [9.17, 15) is 13.2 Å². The van der Waals surface area contributed by atoms with Gasteiger partial charge in [0.15, 0.2) is 0 Å². The van der Waals surface area contributed by atoms with Crippen molar-refractivity contribution in [2.75, 3.05) is 0 Å². The SMILES string of the molecule is CC(NC(=O)[C@H]1C[C@@]12CC(C)(C)Oc1ccccc12)c1cccc(S(N)(=O)=O)c1. The van der Waals surface area contributed by atoms with Gasteiger partial charge in [-0.15, -0.1) is 0 Å². The summed E-state index contributed by atoms with van der Waals surface area (Å²) in [6.45, 7) is 5.95. The van der Waals surface area contributed by atoms with Gasteiger partial charge < -0.3 is 10.1 Å². The van der Waals surface area contributed by atoms with Gasteiger partial charge in [0.1, 0.15) is 11.4 Å². The second kappa shape index (κ2) is 6.57. The van der Waals surface area contributed by atoms with Crippen molar-refractivity contribution in [1.29, 1.82) is 0 Å². The normalized spacial score (nSPS) is 25.6. The molecule has 1 fully saturated rings. The zero-order valence-corrected chi connectivity index (χ0v) is 17.6. The molecule has 3 N–H and O–H groups in total. The van der Waals surface area contributed by atoms with Crippen LogP contribution < -0.4 is 15.2 Å². The summed E-state index contributed by atoms with van der Waals surface area (Å²) in [4.78, 5) is 13.1. The molecule has 7 heteroatoms. The highest BCUT2D eigenvalue weighted by molar-refractivity contribution is 7.89. The Morgan fingerprint density at radius 3 is 2.66 bits per heavy atom. The summed E-state index contributed by atoms with van der Waals surface area (Å²) in [7, 11) is -3.79. The maximum atomic E-state index is 13.1. The lowest BCUT2D eigenvalue weighted by Gasteiger charge is -2.38. The Hall–Kier alpha value is -2.38. The Morgan fingerprint density at radius 2 is 1.93 bits per heavy atom. The summed E-state index contributed by atoms with van der Waals surface area (Å²) in [6.07, 6.45) is 1.57. The zero-order valence-electron chi connectivity index (χ0n) is 16.8. The molecule has 3 atom stereocenters. The summed E-state index contributed by atoms with van der Waals surface area (Å²) in [6, 6.07) is 14.0. The molecule has 1 amide bonds. The molecular formula is C22H26N2O4S. The number of carbonyl (C=O) groups is 1. The van der Waals surface area contributed by atoms with Gasteiger partial charge in [-0.2, -0.15) is 0 Å². The van der Waals surface area contributed by atoms with E-state index < -0.39 is 10.0 Å². The van der Waals surface area contributed by atoms with Gasteiger partial charge in [0.25, 0.3) is 0 Å². The number of primary sulfonamides is 1. The Balaban J connectivity index is 1.54. The van der Waals surface area contributed by atoms with Crippen molar-refractivity contribution in [3.05, 3.63) is 59.7 Å². The number of fused-ring (bicyclic) bond motifs is 2. The highest BCUT2D eigenvalue weighted by Gasteiger charge is 2.63. The minimum Gasteiger partial charge on any atom is -0.488 e. The molecule has 1 aliphatic heterocycles. The lowest BCUT2D eigenvalue weighted by atomic mass is 9.80. The van der Waals surface area contributed by atoms with Crippen molar-refractivity contribution in [3.8, 4) is 5.75 Å². The first-order valence-corrected chi connectivity index (χ1v) is 11.3. The standard InChI is InChI=1S/C22H26N2O4S/c1-14(15-7-6-8-16(11-15)29(23,26)27)24-20(25)18-12-22(18)13-21(2,3)28-19-10-5-4-9-17(19)22/h4-11,14,18H,12-13H2,1-3H3,(H,24,25)(H2,23,26,27)/t14?,18-,22+/m1/s1. The monoisotopic (exact) mass is 414 g/mol. The van der Waals surface area contributed by atoms with Crippen LogP contribution in [0.2, 0.25) is 0 Å². The number of para-hydroxylation sites is 1. The van der Waals surface area contributed by atoms with Gasteiger partial charge >= 0.3 is 0 Å². The van der Waals surface area contributed by atoms with Crippen molar-refractivity contribution in [3.63, 3.8) is 0 Å². The van der Waals surface area contributed by atoms with Crippen LogP contribution in [0.15, 0.2) is 53.4 Å². The lowest BCUT2D eigenvalue weighted by Crippen LogP contribution is -2.40. The van der Waals surface area contributed by atoms with Gasteiger partial charge in [-0.1, -0.05) is 30.3 Å². The second-order valence-corrected chi connectivity index (χ2v) is 10.4. The Labute approximate surface area is 171 Å². The van der Waals surface area contributed by atoms with E-state index in [1.165, 1.54) is 12.1 Å². The maximum absolute atomic E-state index is 13.1. The van der Waals surface area contributed by atoms with E-state index in [-0.39, 0.29) is 33.8 Å². The quantitative estimate of drug-likeness (QED) is 0.803. The summed E-state index contributed by atoms with van der Waals surface area (Å²) in [5.74, 6) is 0.703. The van der Waals surface area contributed by atoms with Crippen LogP contribution in [0.5, 0.6) is 5.75 Å². The highest BCUT2D eigenvalue weighted by atomic mass is 32.2. The molecule has 1 heterocycles. The third kappa shape index (κ3) is 3.65. The summed E-state index contributed by atoms with van der Waals surface area (Å²) in [5, 5.41) is 8.27. The van der Waals surface area contributed by atoms with Crippen molar-refractivity contribution in [2.45, 2.75) is 55.6 Å². The Kier molecular flexibility index (Phi) is 4.51. The molecule has 0 saturated heterocycles. The molecule has 1 spiro atoms. The predicted molar refractivity (Wildman–Crippen MR) is 110 cm³/mol. The van der Waals surface area contributed by atoms with Crippen molar-refractivity contribution in [1.82, 2.24) is 5.32 Å². The molecule has 1 unspecified atom stereocenters. The van der Waals surface area contributed by atoms with Crippen LogP contribution in [-0.2, 0) is 20.2 Å². The van der Waals surface area contributed by atoms with Crippen LogP contribution >= 0.6 is 0 Å². The van der Waals surface area contributed by atoms with E-state index in [1.54, 1.807) is 12.1 Å². The number of hydrogen-bond donors (Lipinski definition) is 2. The fourth-order valence-electron chi connectivity index (χ4n) is 4.66. The number of nitrogens with two attached hydrogens (primary N) is 1. The van der Waals surface area contributed by atoms with Gasteiger partial charge in [-0.25, -0.2) is 13.6 Å². The molecule has 1 saturated carbocycles. The van der Waals surface area contributed by atoms with E-state index in [0.717, 1.165) is 24.2 Å². The summed E-state index contributed by atoms with van der Waals surface area (Å²) in [5.41, 5.74) is 1.26. The summed E-state index contributed by atoms with van der Waals surface area (Å²) < 4.78 is 29.3. The van der Waals surface area contributed by atoms with Crippen molar-refractivity contribution in [2.24, 2.45) is 11.1 Å². The Morgan fingerprint density at radius 1 is 1.21 bits per heavy atom. The molecule has 2 aliphatic rings. The van der Waals surface area contributed by atoms with Gasteiger partial charge in [-0.3, -0.25) is 4.79 Å². The van der Waals surface area contributed by atoms with Gasteiger partial charge in [-0.05, 0) is 57.4 Å². The van der Waals surface area contributed by atoms with Gasteiger partial charge in [0.05, 0.1) is 10.9 Å². The van der Waals surface area contributed by atoms with Crippen LogP contribution in [0.3, 0.4) is 0 Å². The van der Waals surface area contributed by atoms with E-state index in [1.807, 2.05) is 25.1 Å². The largest absolute Gasteiger partial charge is 0.488 e. The van der Waals surface area contributed by atoms with Crippen molar-refractivity contribution >= 4 is 15.9 Å². The molecule has 154 valence electrons. The number of ether oxygens (including phenoxy) is 1. The van der Waals surface area contributed by atoms with E-state index in [4.69, 9.17) is 9.88 Å². The van der Waals surface area contributed by atoms with Crippen LogP contribution in [0.25, 0.3) is 0 Å². The lowest BCUT2D eigenvalue weighted by molar-refractivity contribution is -0.123. The zero-order chi connectivity index (χ0) is 21.0. The number of sulfonamides is 1. The van der Waals surface area contributed by atoms with Gasteiger partial charge in [0, 0.05) is 16.9 Å². The highest BCUT2D eigenvalue weighted by Crippen LogP contribution is 2.63. The average molecular weight is 415 g/mol. The average Bonchev–Trinajstić information content (AvgIpc) is 3.34. The van der Waals surface area contributed by atoms with Crippen LogP contribution in [0.4, 0.5) is 0 Å². The molecular weight excluding hydrogens is 388 g/mol. The maximum Gasteiger partial charge on any atom is 0.238 e. The van der Waals surface area contributed by atoms with Crippen LogP contribution in [0.1, 0.15) is 50.8 Å². The predicted octanol–water partition coefficient (Wildman–Crippen LogP) is 3.03. The molecule has 0 bridgehead atoms. The first kappa shape index (κ1) is 19.9. The molecule has 0 radical (unpaired) electrons. The number of carbonyl (C=O) groups excluding carboxylic acids is 1. The topological polar surface area (TPSA) is 98.5 Å². The molecule has 0 aromatic heterocycles. The minimum absolute atomic E-state index is 0.0222. The second-order valence-electron chi connectivity index (χ2n) is 8.80. The number of nitrogens with one attached hydrogen (secondary N) is 1. The van der Waals surface area contributed by atoms with Crippen LogP contribution in [0, 0.1) is 5.92 Å². The smallest absolute Gasteiger partial charge is 0.238 e. The summed E-state index contributed by atoms with van der Waals surface area (Å²) >= 11 is 0. The Bertz CT molecular complexity index is 1080.